The van der Waals surface area contributed by atoms with Crippen LogP contribution in [0.5, 0.6) is 0 Å². The van der Waals surface area contributed by atoms with Gasteiger partial charge in [-0.15, -0.1) is 0 Å². The number of amides is 1. The highest BCUT2D eigenvalue weighted by atomic mass is 16.3. The van der Waals surface area contributed by atoms with Crippen molar-refractivity contribution < 1.29 is 9.21 Å². The number of nitrogens with zero attached hydrogens (tertiary/aromatic N) is 3. The van der Waals surface area contributed by atoms with Crippen molar-refractivity contribution in [1.29, 1.82) is 0 Å². The fraction of sp³-hybridized carbons (Fsp3) is 0.571. The molecule has 1 aliphatic heterocycles. The predicted octanol–water partition coefficient (Wildman–Crippen LogP) is 3.19. The molecule has 2 N–H and O–H groups in total. The molecular weight excluding hydrogens is 354 g/mol. The number of anilines is 1. The molecule has 0 saturated carbocycles. The Morgan fingerprint density at radius 3 is 2.86 bits per heavy atom. The number of likely N-dealkylation sites (N-methyl/N-ethyl adjacent to an activating group) is 1. The second kappa shape index (κ2) is 8.73. The second-order valence-corrected chi connectivity index (χ2v) is 8.23. The van der Waals surface area contributed by atoms with Gasteiger partial charge in [-0.25, -0.2) is 9.97 Å². The van der Waals surface area contributed by atoms with Gasteiger partial charge in [0.1, 0.15) is 23.0 Å². The Hall–Kier alpha value is -2.41. The van der Waals surface area contributed by atoms with E-state index in [0.717, 1.165) is 31.7 Å². The molecule has 2 aromatic rings. The SMILES string of the molecule is CCN(C(=O)c1cnc(C(C)(C)C)nc1NCc1ccco1)C1CCCNC1. The predicted molar refractivity (Wildman–Crippen MR) is 109 cm³/mol. The van der Waals surface area contributed by atoms with Gasteiger partial charge in [0.25, 0.3) is 5.91 Å². The molecule has 0 aromatic carbocycles. The summed E-state index contributed by atoms with van der Waals surface area (Å²) in [5.41, 5.74) is 0.299. The van der Waals surface area contributed by atoms with Crippen molar-refractivity contribution in [2.45, 2.75) is 58.5 Å². The minimum absolute atomic E-state index is 0.0291. The van der Waals surface area contributed by atoms with Gasteiger partial charge in [0.2, 0.25) is 0 Å². The summed E-state index contributed by atoms with van der Waals surface area (Å²) in [4.78, 5) is 24.5. The number of aromatic nitrogens is 2. The van der Waals surface area contributed by atoms with Crippen LogP contribution in [0.1, 0.15) is 62.5 Å². The highest BCUT2D eigenvalue weighted by Crippen LogP contribution is 2.24. The van der Waals surface area contributed by atoms with Gasteiger partial charge in [-0.05, 0) is 38.4 Å². The number of rotatable bonds is 6. The Balaban J connectivity index is 1.89. The van der Waals surface area contributed by atoms with Crippen molar-refractivity contribution in [1.82, 2.24) is 20.2 Å². The topological polar surface area (TPSA) is 83.3 Å². The monoisotopic (exact) mass is 385 g/mol. The third kappa shape index (κ3) is 4.70. The fourth-order valence-electron chi connectivity index (χ4n) is 3.44. The lowest BCUT2D eigenvalue weighted by molar-refractivity contribution is 0.0662. The number of furan rings is 1. The second-order valence-electron chi connectivity index (χ2n) is 8.23. The largest absolute Gasteiger partial charge is 0.467 e. The van der Waals surface area contributed by atoms with Crippen LogP contribution >= 0.6 is 0 Å². The van der Waals surface area contributed by atoms with E-state index in [9.17, 15) is 4.79 Å². The van der Waals surface area contributed by atoms with Crippen molar-refractivity contribution in [3.05, 3.63) is 41.7 Å². The van der Waals surface area contributed by atoms with E-state index in [2.05, 4.69) is 36.4 Å². The fourth-order valence-corrected chi connectivity index (χ4v) is 3.44. The molecule has 1 atom stereocenters. The Morgan fingerprint density at radius 1 is 1.43 bits per heavy atom. The van der Waals surface area contributed by atoms with Crippen LogP contribution in [-0.2, 0) is 12.0 Å². The van der Waals surface area contributed by atoms with Crippen LogP contribution in [0.3, 0.4) is 0 Å². The zero-order chi connectivity index (χ0) is 20.1. The molecule has 3 rings (SSSR count). The van der Waals surface area contributed by atoms with Crippen molar-refractivity contribution in [3.63, 3.8) is 0 Å². The van der Waals surface area contributed by atoms with E-state index >= 15 is 0 Å². The van der Waals surface area contributed by atoms with Crippen LogP contribution in [0.15, 0.2) is 29.0 Å². The summed E-state index contributed by atoms with van der Waals surface area (Å²) >= 11 is 0. The number of carbonyl (C=O) groups excluding carboxylic acids is 1. The first kappa shape index (κ1) is 20.3. The molecule has 1 aliphatic rings. The van der Waals surface area contributed by atoms with Gasteiger partial charge in [-0.1, -0.05) is 20.8 Å². The normalized spacial score (nSPS) is 17.4. The first-order chi connectivity index (χ1) is 13.4. The zero-order valence-corrected chi connectivity index (χ0v) is 17.3. The maximum atomic E-state index is 13.4. The molecule has 1 unspecified atom stereocenters. The minimum Gasteiger partial charge on any atom is -0.467 e. The van der Waals surface area contributed by atoms with E-state index in [1.165, 1.54) is 0 Å². The lowest BCUT2D eigenvalue weighted by Gasteiger charge is -2.34. The Bertz CT molecular complexity index is 777. The van der Waals surface area contributed by atoms with Crippen LogP contribution in [0.2, 0.25) is 0 Å². The summed E-state index contributed by atoms with van der Waals surface area (Å²) in [5.74, 6) is 2.02. The maximum Gasteiger partial charge on any atom is 0.259 e. The third-order valence-electron chi connectivity index (χ3n) is 5.01. The van der Waals surface area contributed by atoms with Crippen LogP contribution in [-0.4, -0.2) is 46.5 Å². The molecule has 2 aromatic heterocycles. The summed E-state index contributed by atoms with van der Waals surface area (Å²) in [5, 5.41) is 6.67. The van der Waals surface area contributed by atoms with Gasteiger partial charge >= 0.3 is 0 Å². The Labute approximate surface area is 166 Å². The average molecular weight is 386 g/mol. The quantitative estimate of drug-likeness (QED) is 0.795. The standard InChI is InChI=1S/C21H31N5O2/c1-5-26(15-8-6-10-22-12-15)19(27)17-14-24-20(21(2,3)4)25-18(17)23-13-16-9-7-11-28-16/h7,9,11,14-15,22H,5-6,8,10,12-13H2,1-4H3,(H,23,24,25). The number of piperidine rings is 1. The molecule has 0 aliphatic carbocycles. The van der Waals surface area contributed by atoms with Crippen molar-refractivity contribution in [2.75, 3.05) is 25.0 Å². The van der Waals surface area contributed by atoms with E-state index in [1.807, 2.05) is 24.0 Å². The van der Waals surface area contributed by atoms with E-state index in [4.69, 9.17) is 9.40 Å². The summed E-state index contributed by atoms with van der Waals surface area (Å²) in [6, 6.07) is 3.94. The Morgan fingerprint density at radius 2 is 2.25 bits per heavy atom. The van der Waals surface area contributed by atoms with Gasteiger partial charge < -0.3 is 20.0 Å². The van der Waals surface area contributed by atoms with Gasteiger partial charge in [0.15, 0.2) is 0 Å². The van der Waals surface area contributed by atoms with Crippen LogP contribution < -0.4 is 10.6 Å². The lowest BCUT2D eigenvalue weighted by Crippen LogP contribution is -2.48. The number of hydrogen-bond acceptors (Lipinski definition) is 6. The molecule has 3 heterocycles. The Kier molecular flexibility index (Phi) is 6.34. The summed E-state index contributed by atoms with van der Waals surface area (Å²) in [6.07, 6.45) is 5.40. The maximum absolute atomic E-state index is 13.4. The van der Waals surface area contributed by atoms with E-state index in [-0.39, 0.29) is 17.4 Å². The molecule has 1 saturated heterocycles. The molecule has 0 spiro atoms. The molecule has 0 bridgehead atoms. The van der Waals surface area contributed by atoms with Gasteiger partial charge in [0, 0.05) is 30.7 Å². The van der Waals surface area contributed by atoms with Crippen LogP contribution in [0, 0.1) is 0 Å². The lowest BCUT2D eigenvalue weighted by atomic mass is 9.95. The van der Waals surface area contributed by atoms with Crippen LogP contribution in [0.25, 0.3) is 0 Å². The molecule has 1 amide bonds. The van der Waals surface area contributed by atoms with E-state index in [1.54, 1.807) is 12.5 Å². The molecule has 152 valence electrons. The van der Waals surface area contributed by atoms with E-state index < -0.39 is 0 Å². The van der Waals surface area contributed by atoms with Crippen LogP contribution in [0.4, 0.5) is 5.82 Å². The minimum atomic E-state index is -0.208. The van der Waals surface area contributed by atoms with Gasteiger partial charge in [0.05, 0.1) is 12.8 Å². The summed E-state index contributed by atoms with van der Waals surface area (Å²) in [7, 11) is 0. The highest BCUT2D eigenvalue weighted by Gasteiger charge is 2.28. The molecule has 1 fully saturated rings. The summed E-state index contributed by atoms with van der Waals surface area (Å²) < 4.78 is 5.41. The van der Waals surface area contributed by atoms with E-state index in [0.29, 0.717) is 30.3 Å². The summed E-state index contributed by atoms with van der Waals surface area (Å²) in [6.45, 7) is 11.2. The number of hydrogen-bond donors (Lipinski definition) is 2. The van der Waals surface area contributed by atoms with Crippen molar-refractivity contribution in [2.24, 2.45) is 0 Å². The molecule has 28 heavy (non-hydrogen) atoms. The van der Waals surface area contributed by atoms with Gasteiger partial charge in [-0.3, -0.25) is 4.79 Å². The first-order valence-electron chi connectivity index (χ1n) is 10.1. The highest BCUT2D eigenvalue weighted by molar-refractivity contribution is 5.98. The average Bonchev–Trinajstić information content (AvgIpc) is 3.20. The smallest absolute Gasteiger partial charge is 0.259 e. The molecular formula is C21H31N5O2. The number of nitrogens with one attached hydrogen (secondary N) is 2. The van der Waals surface area contributed by atoms with Crippen molar-refractivity contribution in [3.8, 4) is 0 Å². The number of carbonyl (C=O) groups is 1. The van der Waals surface area contributed by atoms with Gasteiger partial charge in [-0.2, -0.15) is 0 Å². The third-order valence-corrected chi connectivity index (χ3v) is 5.01. The molecule has 7 nitrogen and oxygen atoms in total. The van der Waals surface area contributed by atoms with Crippen molar-refractivity contribution >= 4 is 11.7 Å². The molecule has 0 radical (unpaired) electrons. The first-order valence-corrected chi connectivity index (χ1v) is 10.1. The zero-order valence-electron chi connectivity index (χ0n) is 17.3. The molecule has 7 heteroatoms.